The number of furan rings is 1. The molecule has 2 aromatic heterocycles. The highest BCUT2D eigenvalue weighted by Gasteiger charge is 2.25. The van der Waals surface area contributed by atoms with Gasteiger partial charge in [-0.3, -0.25) is 4.79 Å². The monoisotopic (exact) mass is 414 g/mol. The summed E-state index contributed by atoms with van der Waals surface area (Å²) in [5.74, 6) is 0.0547. The summed E-state index contributed by atoms with van der Waals surface area (Å²) in [6.45, 7) is 6.28. The predicted molar refractivity (Wildman–Crippen MR) is 110 cm³/mol. The Kier molecular flexibility index (Phi) is 5.85. The van der Waals surface area contributed by atoms with E-state index in [9.17, 15) is 4.79 Å². The zero-order valence-electron chi connectivity index (χ0n) is 16.5. The topological polar surface area (TPSA) is 64.8 Å². The van der Waals surface area contributed by atoms with Crippen LogP contribution in [0.15, 0.2) is 41.0 Å². The Hall–Kier alpha value is -2.41. The van der Waals surface area contributed by atoms with E-state index < -0.39 is 0 Å². The Bertz CT molecular complexity index is 1010. The average molecular weight is 415 g/mol. The van der Waals surface area contributed by atoms with Crippen molar-refractivity contribution < 1.29 is 18.7 Å². The van der Waals surface area contributed by atoms with Gasteiger partial charge in [-0.05, 0) is 43.7 Å². The fraction of sp³-hybridized carbons (Fsp3) is 0.364. The molecule has 0 saturated carbocycles. The van der Waals surface area contributed by atoms with Gasteiger partial charge in [0.05, 0.1) is 37.7 Å². The second-order valence-corrected chi connectivity index (χ2v) is 7.68. The highest BCUT2D eigenvalue weighted by molar-refractivity contribution is 6.30. The second-order valence-electron chi connectivity index (χ2n) is 7.32. The second kappa shape index (κ2) is 8.53. The van der Waals surface area contributed by atoms with E-state index in [1.807, 2.05) is 19.9 Å². The van der Waals surface area contributed by atoms with Gasteiger partial charge >= 0.3 is 0 Å². The zero-order chi connectivity index (χ0) is 20.4. The van der Waals surface area contributed by atoms with Crippen LogP contribution < -0.4 is 0 Å². The maximum absolute atomic E-state index is 13.0. The molecule has 29 heavy (non-hydrogen) atoms. The van der Waals surface area contributed by atoms with Crippen molar-refractivity contribution >= 4 is 28.4 Å². The number of carbonyl (C=O) groups is 1. The van der Waals surface area contributed by atoms with Gasteiger partial charge in [-0.25, -0.2) is 4.98 Å². The van der Waals surface area contributed by atoms with Crippen LogP contribution in [-0.2, 0) is 16.0 Å². The molecule has 1 unspecified atom stereocenters. The molecule has 0 bridgehead atoms. The third-order valence-electron chi connectivity index (χ3n) is 4.97. The first-order chi connectivity index (χ1) is 14.0. The van der Waals surface area contributed by atoms with Crippen LogP contribution in [0.4, 0.5) is 0 Å². The summed E-state index contributed by atoms with van der Waals surface area (Å²) in [6, 6.07) is 9.51. The normalized spacial score (nSPS) is 16.9. The van der Waals surface area contributed by atoms with Crippen molar-refractivity contribution in [1.29, 1.82) is 0 Å². The molecule has 4 rings (SSSR count). The number of aryl methyl sites for hydroxylation is 2. The van der Waals surface area contributed by atoms with Gasteiger partial charge in [-0.15, -0.1) is 0 Å². The van der Waals surface area contributed by atoms with E-state index in [4.69, 9.17) is 25.5 Å². The highest BCUT2D eigenvalue weighted by Crippen LogP contribution is 2.26. The molecule has 1 atom stereocenters. The van der Waals surface area contributed by atoms with E-state index in [-0.39, 0.29) is 17.8 Å². The fourth-order valence-corrected chi connectivity index (χ4v) is 3.85. The Labute approximate surface area is 174 Å². The van der Waals surface area contributed by atoms with E-state index in [0.29, 0.717) is 38.1 Å². The van der Waals surface area contributed by atoms with Gasteiger partial charge in [0.15, 0.2) is 5.76 Å². The quantitative estimate of drug-likeness (QED) is 0.586. The van der Waals surface area contributed by atoms with E-state index in [2.05, 4.69) is 17.1 Å². The molecular formula is C22H23ClN2O4. The van der Waals surface area contributed by atoms with E-state index in [1.165, 1.54) is 6.26 Å². The number of hydrogen-bond donors (Lipinski definition) is 0. The number of pyridine rings is 1. The molecular weight excluding hydrogens is 392 g/mol. The van der Waals surface area contributed by atoms with Gasteiger partial charge < -0.3 is 18.8 Å². The molecule has 3 heterocycles. The van der Waals surface area contributed by atoms with Crippen molar-refractivity contribution in [3.63, 3.8) is 0 Å². The lowest BCUT2D eigenvalue weighted by atomic mass is 10.1. The molecule has 1 aromatic carbocycles. The van der Waals surface area contributed by atoms with Crippen molar-refractivity contribution in [3.8, 4) is 0 Å². The SMILES string of the molecule is Cc1cc(C)c2nc(Cl)c(CN(CC3COCCO3)C(=O)c3ccco3)cc2c1. The van der Waals surface area contributed by atoms with Crippen LogP contribution in [0, 0.1) is 13.8 Å². The van der Waals surface area contributed by atoms with Crippen LogP contribution in [-0.4, -0.2) is 48.3 Å². The Balaban J connectivity index is 1.65. The molecule has 1 saturated heterocycles. The molecule has 152 valence electrons. The largest absolute Gasteiger partial charge is 0.459 e. The standard InChI is InChI=1S/C22H23ClN2O4/c1-14-8-15(2)20-16(9-14)10-17(21(23)24-20)11-25(12-18-13-27-6-7-28-18)22(26)19-4-3-5-29-19/h3-5,8-10,18H,6-7,11-13H2,1-2H3. The minimum Gasteiger partial charge on any atom is -0.459 e. The Morgan fingerprint density at radius 1 is 1.28 bits per heavy atom. The van der Waals surface area contributed by atoms with Crippen molar-refractivity contribution in [1.82, 2.24) is 9.88 Å². The number of benzene rings is 1. The molecule has 6 nitrogen and oxygen atoms in total. The lowest BCUT2D eigenvalue weighted by Crippen LogP contribution is -2.42. The van der Waals surface area contributed by atoms with Crippen LogP contribution >= 0.6 is 11.6 Å². The first-order valence-electron chi connectivity index (χ1n) is 9.60. The van der Waals surface area contributed by atoms with Crippen molar-refractivity contribution in [2.75, 3.05) is 26.4 Å². The average Bonchev–Trinajstić information content (AvgIpc) is 3.24. The van der Waals surface area contributed by atoms with Crippen molar-refractivity contribution in [2.45, 2.75) is 26.5 Å². The maximum atomic E-state index is 13.0. The molecule has 0 aliphatic carbocycles. The van der Waals surface area contributed by atoms with Gasteiger partial charge in [-0.2, -0.15) is 0 Å². The smallest absolute Gasteiger partial charge is 0.289 e. The number of rotatable bonds is 5. The first-order valence-corrected chi connectivity index (χ1v) is 9.97. The number of carbonyl (C=O) groups excluding carboxylic acids is 1. The molecule has 0 radical (unpaired) electrons. The lowest BCUT2D eigenvalue weighted by molar-refractivity contribution is -0.0954. The van der Waals surface area contributed by atoms with Crippen LogP contribution in [0.1, 0.15) is 27.2 Å². The molecule has 0 N–H and O–H groups in total. The summed E-state index contributed by atoms with van der Waals surface area (Å²) in [7, 11) is 0. The van der Waals surface area contributed by atoms with Gasteiger partial charge in [0.1, 0.15) is 5.15 Å². The number of halogens is 1. The number of amides is 1. The van der Waals surface area contributed by atoms with Crippen LogP contribution in [0.5, 0.6) is 0 Å². The van der Waals surface area contributed by atoms with Gasteiger partial charge in [0, 0.05) is 24.0 Å². The van der Waals surface area contributed by atoms with E-state index >= 15 is 0 Å². The van der Waals surface area contributed by atoms with E-state index in [1.54, 1.807) is 17.0 Å². The fourth-order valence-electron chi connectivity index (χ4n) is 3.65. The Morgan fingerprint density at radius 3 is 2.86 bits per heavy atom. The third kappa shape index (κ3) is 4.45. The Morgan fingerprint density at radius 2 is 2.14 bits per heavy atom. The van der Waals surface area contributed by atoms with Gasteiger partial charge in [-0.1, -0.05) is 23.2 Å². The third-order valence-corrected chi connectivity index (χ3v) is 5.30. The molecule has 7 heteroatoms. The minimum atomic E-state index is -0.222. The molecule has 3 aromatic rings. The number of ether oxygens (including phenoxy) is 2. The summed E-state index contributed by atoms with van der Waals surface area (Å²) in [5, 5.41) is 1.40. The van der Waals surface area contributed by atoms with Gasteiger partial charge in [0.25, 0.3) is 5.91 Å². The van der Waals surface area contributed by atoms with Crippen LogP contribution in [0.2, 0.25) is 5.15 Å². The summed E-state index contributed by atoms with van der Waals surface area (Å²) in [5.41, 5.74) is 3.88. The number of nitrogens with zero attached hydrogens (tertiary/aromatic N) is 2. The molecule has 1 fully saturated rings. The summed E-state index contributed by atoms with van der Waals surface area (Å²) in [4.78, 5) is 19.3. The predicted octanol–water partition coefficient (Wildman–Crippen LogP) is 4.16. The summed E-state index contributed by atoms with van der Waals surface area (Å²) >= 11 is 6.50. The van der Waals surface area contributed by atoms with Gasteiger partial charge in [0.2, 0.25) is 0 Å². The molecule has 0 spiro atoms. The summed E-state index contributed by atoms with van der Waals surface area (Å²) in [6.07, 6.45) is 1.29. The van der Waals surface area contributed by atoms with Crippen LogP contribution in [0.25, 0.3) is 10.9 Å². The van der Waals surface area contributed by atoms with E-state index in [0.717, 1.165) is 27.6 Å². The van der Waals surface area contributed by atoms with Crippen LogP contribution in [0.3, 0.4) is 0 Å². The molecule has 1 aliphatic heterocycles. The van der Waals surface area contributed by atoms with Crippen molar-refractivity contribution in [2.24, 2.45) is 0 Å². The highest BCUT2D eigenvalue weighted by atomic mass is 35.5. The number of aromatic nitrogens is 1. The molecule has 1 aliphatic rings. The summed E-state index contributed by atoms with van der Waals surface area (Å²) < 4.78 is 16.6. The lowest BCUT2D eigenvalue weighted by Gasteiger charge is -2.29. The number of hydrogen-bond acceptors (Lipinski definition) is 5. The molecule has 1 amide bonds. The minimum absolute atomic E-state index is 0.195. The van der Waals surface area contributed by atoms with Crippen molar-refractivity contribution in [3.05, 3.63) is 64.2 Å². The number of fused-ring (bicyclic) bond motifs is 1. The maximum Gasteiger partial charge on any atom is 0.289 e. The first kappa shape index (κ1) is 19.9. The zero-order valence-corrected chi connectivity index (χ0v) is 17.2.